The minimum absolute atomic E-state index is 0.0282. The highest BCUT2D eigenvalue weighted by Crippen LogP contribution is 2.41. The molecular formula is C35H50N4O4. The van der Waals surface area contributed by atoms with E-state index in [1.165, 1.54) is 42.7 Å². The van der Waals surface area contributed by atoms with Crippen LogP contribution in [0.1, 0.15) is 83.0 Å². The lowest BCUT2D eigenvalue weighted by molar-refractivity contribution is -0.157. The predicted molar refractivity (Wildman–Crippen MR) is 170 cm³/mol. The number of nitrogens with one attached hydrogen (secondary N) is 1. The number of nitrogens with zero attached hydrogens (tertiary/aromatic N) is 3. The van der Waals surface area contributed by atoms with Crippen molar-refractivity contribution in [3.05, 3.63) is 58.5 Å². The second-order valence-corrected chi connectivity index (χ2v) is 14.1. The highest BCUT2D eigenvalue weighted by Gasteiger charge is 2.49. The van der Waals surface area contributed by atoms with E-state index in [0.29, 0.717) is 49.6 Å². The molecular weight excluding hydrogens is 540 g/mol. The average Bonchev–Trinajstić information content (AvgIpc) is 2.99. The Morgan fingerprint density at radius 1 is 1.07 bits per heavy atom. The molecule has 0 bridgehead atoms. The van der Waals surface area contributed by atoms with E-state index in [-0.39, 0.29) is 35.9 Å². The zero-order chi connectivity index (χ0) is 30.8. The molecule has 2 aliphatic heterocycles. The molecule has 8 nitrogen and oxygen atoms in total. The van der Waals surface area contributed by atoms with Crippen LogP contribution in [0.4, 0.5) is 0 Å². The summed E-state index contributed by atoms with van der Waals surface area (Å²) < 4.78 is 1.51. The lowest BCUT2D eigenvalue weighted by Gasteiger charge is -2.51. The molecule has 234 valence electrons. The molecule has 2 N–H and O–H groups in total. The van der Waals surface area contributed by atoms with Gasteiger partial charge in [-0.05, 0) is 31.2 Å². The van der Waals surface area contributed by atoms with Crippen LogP contribution in [0.15, 0.2) is 47.4 Å². The molecule has 1 aliphatic carbocycles. The van der Waals surface area contributed by atoms with Crippen LogP contribution in [0.5, 0.6) is 0 Å². The zero-order valence-electron chi connectivity index (χ0n) is 26.5. The number of aliphatic hydroxyl groups is 1. The van der Waals surface area contributed by atoms with Gasteiger partial charge in [0.15, 0.2) is 0 Å². The fraction of sp³-hybridized carbons (Fsp3) is 0.629. The Bertz CT molecular complexity index is 1350. The van der Waals surface area contributed by atoms with Gasteiger partial charge in [-0.3, -0.25) is 14.4 Å². The largest absolute Gasteiger partial charge is 0.387 e. The molecule has 1 aromatic heterocycles. The van der Waals surface area contributed by atoms with Crippen LogP contribution < -0.4 is 10.9 Å². The summed E-state index contributed by atoms with van der Waals surface area (Å²) in [7, 11) is 0. The van der Waals surface area contributed by atoms with Gasteiger partial charge in [0, 0.05) is 67.9 Å². The summed E-state index contributed by atoms with van der Waals surface area (Å²) in [5.74, 6) is 0.664. The molecule has 43 heavy (non-hydrogen) atoms. The quantitative estimate of drug-likeness (QED) is 0.494. The number of amides is 2. The maximum Gasteiger partial charge on any atom is 0.256 e. The zero-order valence-corrected chi connectivity index (χ0v) is 26.5. The maximum absolute atomic E-state index is 13.9. The first-order valence-corrected chi connectivity index (χ1v) is 16.3. The normalized spacial score (nSPS) is 25.4. The highest BCUT2D eigenvalue weighted by atomic mass is 16.3. The van der Waals surface area contributed by atoms with Crippen molar-refractivity contribution in [1.29, 1.82) is 0 Å². The molecule has 3 unspecified atom stereocenters. The molecule has 2 amide bonds. The predicted octanol–water partition coefficient (Wildman–Crippen LogP) is 4.55. The number of piperidine rings is 1. The van der Waals surface area contributed by atoms with Gasteiger partial charge in [-0.25, -0.2) is 0 Å². The van der Waals surface area contributed by atoms with Gasteiger partial charge in [-0.2, -0.15) is 0 Å². The van der Waals surface area contributed by atoms with Gasteiger partial charge < -0.3 is 24.8 Å². The third-order valence-corrected chi connectivity index (χ3v) is 10.3. The minimum atomic E-state index is -1.22. The van der Waals surface area contributed by atoms with E-state index < -0.39 is 11.0 Å². The summed E-state index contributed by atoms with van der Waals surface area (Å²) in [4.78, 5) is 44.7. The third kappa shape index (κ3) is 6.91. The van der Waals surface area contributed by atoms with Crippen molar-refractivity contribution < 1.29 is 14.7 Å². The molecule has 3 aliphatic rings. The van der Waals surface area contributed by atoms with E-state index in [1.54, 1.807) is 6.20 Å². The molecule has 3 heterocycles. The second-order valence-electron chi connectivity index (χ2n) is 14.1. The molecule has 2 saturated heterocycles. The molecule has 0 radical (unpaired) electrons. The van der Waals surface area contributed by atoms with Crippen LogP contribution in [0.2, 0.25) is 0 Å². The van der Waals surface area contributed by atoms with Gasteiger partial charge in [0.1, 0.15) is 0 Å². The summed E-state index contributed by atoms with van der Waals surface area (Å²) in [6.45, 7) is 10.9. The summed E-state index contributed by atoms with van der Waals surface area (Å²) in [6.07, 6.45) is 9.24. The van der Waals surface area contributed by atoms with Gasteiger partial charge in [0.2, 0.25) is 5.91 Å². The first kappa shape index (κ1) is 31.5. The first-order chi connectivity index (χ1) is 20.5. The molecule has 5 rings (SSSR count). The number of pyridine rings is 1. The molecule has 1 aromatic carbocycles. The van der Waals surface area contributed by atoms with Crippen molar-refractivity contribution in [3.8, 4) is 11.1 Å². The van der Waals surface area contributed by atoms with E-state index >= 15 is 0 Å². The van der Waals surface area contributed by atoms with Crippen LogP contribution in [-0.2, 0) is 11.3 Å². The number of rotatable bonds is 7. The fourth-order valence-corrected chi connectivity index (χ4v) is 7.47. The number of carbonyl (C=O) groups excluding carboxylic acids is 2. The third-order valence-electron chi connectivity index (χ3n) is 10.3. The first-order valence-electron chi connectivity index (χ1n) is 16.3. The summed E-state index contributed by atoms with van der Waals surface area (Å²) in [5, 5.41) is 15.5. The number of carbonyl (C=O) groups is 2. The van der Waals surface area contributed by atoms with Gasteiger partial charge in [-0.15, -0.1) is 0 Å². The van der Waals surface area contributed by atoms with Gasteiger partial charge in [0.05, 0.1) is 17.7 Å². The van der Waals surface area contributed by atoms with E-state index in [9.17, 15) is 19.5 Å². The molecule has 8 heteroatoms. The van der Waals surface area contributed by atoms with Crippen molar-refractivity contribution in [2.45, 2.75) is 90.8 Å². The molecule has 3 fully saturated rings. The minimum Gasteiger partial charge on any atom is -0.387 e. The lowest BCUT2D eigenvalue weighted by atomic mass is 9.69. The SMILES string of the molecule is CC1CN(C(=O)c2cn(CC3(O)CCN(C(=O)C(C)CC4CCCCC4)CC3(C)C)c(=O)cc2-c2ccccc2)CCN1. The van der Waals surface area contributed by atoms with E-state index in [0.717, 1.165) is 18.5 Å². The molecule has 3 atom stereocenters. The van der Waals surface area contributed by atoms with Crippen molar-refractivity contribution in [2.24, 2.45) is 17.3 Å². The number of likely N-dealkylation sites (tertiary alicyclic amines) is 1. The Kier molecular flexibility index (Phi) is 9.47. The van der Waals surface area contributed by atoms with Crippen molar-refractivity contribution in [3.63, 3.8) is 0 Å². The van der Waals surface area contributed by atoms with E-state index in [1.807, 2.05) is 54.0 Å². The molecule has 0 spiro atoms. The fourth-order valence-electron chi connectivity index (χ4n) is 7.47. The Labute approximate surface area is 256 Å². The molecule has 1 saturated carbocycles. The van der Waals surface area contributed by atoms with Crippen molar-refractivity contribution in [1.82, 2.24) is 19.7 Å². The highest BCUT2D eigenvalue weighted by molar-refractivity contribution is 6.00. The summed E-state index contributed by atoms with van der Waals surface area (Å²) in [5.41, 5.74) is -0.249. The number of aromatic nitrogens is 1. The number of hydrogen-bond acceptors (Lipinski definition) is 5. The number of piperazine rings is 1. The van der Waals surface area contributed by atoms with Crippen LogP contribution in [0, 0.1) is 17.3 Å². The van der Waals surface area contributed by atoms with Gasteiger partial charge >= 0.3 is 0 Å². The lowest BCUT2D eigenvalue weighted by Crippen LogP contribution is -2.61. The van der Waals surface area contributed by atoms with E-state index in [4.69, 9.17) is 0 Å². The van der Waals surface area contributed by atoms with Crippen molar-refractivity contribution >= 4 is 11.8 Å². The number of hydrogen-bond donors (Lipinski definition) is 2. The maximum atomic E-state index is 13.9. The Hall–Kier alpha value is -2.97. The van der Waals surface area contributed by atoms with Crippen LogP contribution in [0.3, 0.4) is 0 Å². The second kappa shape index (κ2) is 12.9. The topological polar surface area (TPSA) is 94.9 Å². The van der Waals surface area contributed by atoms with Crippen molar-refractivity contribution in [2.75, 3.05) is 32.7 Å². The van der Waals surface area contributed by atoms with Crippen LogP contribution in [-0.4, -0.2) is 75.7 Å². The van der Waals surface area contributed by atoms with Crippen LogP contribution >= 0.6 is 0 Å². The smallest absolute Gasteiger partial charge is 0.256 e. The van der Waals surface area contributed by atoms with Gasteiger partial charge in [-0.1, -0.05) is 83.2 Å². The van der Waals surface area contributed by atoms with E-state index in [2.05, 4.69) is 19.2 Å². The Balaban J connectivity index is 1.37. The Morgan fingerprint density at radius 3 is 2.47 bits per heavy atom. The number of benzene rings is 1. The summed E-state index contributed by atoms with van der Waals surface area (Å²) in [6, 6.07) is 11.3. The Morgan fingerprint density at radius 2 is 1.79 bits per heavy atom. The average molecular weight is 591 g/mol. The van der Waals surface area contributed by atoms with Crippen LogP contribution in [0.25, 0.3) is 11.1 Å². The summed E-state index contributed by atoms with van der Waals surface area (Å²) >= 11 is 0. The monoisotopic (exact) mass is 590 g/mol. The van der Waals surface area contributed by atoms with Gasteiger partial charge in [0.25, 0.3) is 11.5 Å². The standard InChI is InChI=1S/C35H50N4O4/c1-25(19-27-11-7-5-8-12-27)32(41)38-17-15-35(43,34(3,4)23-38)24-39-22-30(33(42)37-18-16-36-26(2)21-37)29(20-31(39)40)28-13-9-6-10-14-28/h6,9-10,13-14,20,22,25-27,36,43H,5,7-8,11-12,15-19,21,23-24H2,1-4H3. The molecule has 2 aromatic rings.